The Bertz CT molecular complexity index is 1020. The highest BCUT2D eigenvalue weighted by Crippen LogP contribution is 2.29. The maximum Gasteiger partial charge on any atom is 0.416 e. The number of anilines is 1. The van der Waals surface area contributed by atoms with Crippen LogP contribution in [0.4, 0.5) is 18.9 Å². The Morgan fingerprint density at radius 3 is 2.47 bits per heavy atom. The lowest BCUT2D eigenvalue weighted by Gasteiger charge is -2.14. The van der Waals surface area contributed by atoms with Crippen LogP contribution >= 0.6 is 0 Å². The number of rotatable bonds is 6. The van der Waals surface area contributed by atoms with Crippen LogP contribution in [0.15, 0.2) is 48.7 Å². The van der Waals surface area contributed by atoms with E-state index >= 15 is 0 Å². The number of aromatic nitrogens is 2. The van der Waals surface area contributed by atoms with E-state index in [0.29, 0.717) is 11.3 Å². The van der Waals surface area contributed by atoms with Crippen LogP contribution in [0.2, 0.25) is 0 Å². The van der Waals surface area contributed by atoms with Gasteiger partial charge in [0.2, 0.25) is 5.91 Å². The van der Waals surface area contributed by atoms with E-state index in [2.05, 4.69) is 15.3 Å². The molecule has 0 spiro atoms. The Kier molecular flexibility index (Phi) is 5.76. The number of hydrogen-bond donors (Lipinski definition) is 1. The number of nitrogens with zero attached hydrogens (tertiary/aromatic N) is 3. The molecule has 2 heterocycles. The van der Waals surface area contributed by atoms with Gasteiger partial charge in [0.05, 0.1) is 30.2 Å². The fraction of sp³-hybridized carbons (Fsp3) is 0.364. The number of benzene rings is 2. The molecule has 1 fully saturated rings. The van der Waals surface area contributed by atoms with Gasteiger partial charge in [-0.1, -0.05) is 12.1 Å². The molecule has 1 aliphatic rings. The molecule has 1 saturated heterocycles. The lowest BCUT2D eigenvalue weighted by Crippen LogP contribution is -2.24. The van der Waals surface area contributed by atoms with E-state index in [1.165, 1.54) is 25.0 Å². The Labute approximate surface area is 172 Å². The Morgan fingerprint density at radius 1 is 1.03 bits per heavy atom. The van der Waals surface area contributed by atoms with Crippen LogP contribution in [0, 0.1) is 0 Å². The molecule has 2 aromatic carbocycles. The number of nitrogens with one attached hydrogen (secondary N) is 1. The van der Waals surface area contributed by atoms with Gasteiger partial charge in [0, 0.05) is 17.6 Å². The highest BCUT2D eigenvalue weighted by atomic mass is 19.4. The topological polar surface area (TPSA) is 50.2 Å². The molecule has 158 valence electrons. The summed E-state index contributed by atoms with van der Waals surface area (Å²) in [6.45, 7) is 3.99. The second kappa shape index (κ2) is 8.47. The van der Waals surface area contributed by atoms with Crippen LogP contribution in [0.5, 0.6) is 0 Å². The van der Waals surface area contributed by atoms with Gasteiger partial charge < -0.3 is 10.2 Å². The van der Waals surface area contributed by atoms with Crippen molar-refractivity contribution in [2.24, 2.45) is 0 Å². The zero-order valence-corrected chi connectivity index (χ0v) is 16.5. The van der Waals surface area contributed by atoms with Gasteiger partial charge in [-0.25, -0.2) is 0 Å². The van der Waals surface area contributed by atoms with Crippen LogP contribution < -0.4 is 5.32 Å². The van der Waals surface area contributed by atoms with Crippen molar-refractivity contribution >= 4 is 22.5 Å². The van der Waals surface area contributed by atoms with E-state index < -0.39 is 11.7 Å². The molecule has 3 aromatic rings. The molecule has 8 heteroatoms. The van der Waals surface area contributed by atoms with Crippen molar-refractivity contribution in [3.63, 3.8) is 0 Å². The SMILES string of the molecule is O=C(Cc1ccc(C(F)(F)F)cc1)Nc1ccc2cnn(CCN3CCCC3)c2c1. The highest BCUT2D eigenvalue weighted by Gasteiger charge is 2.30. The van der Waals surface area contributed by atoms with Gasteiger partial charge >= 0.3 is 6.18 Å². The first kappa shape index (κ1) is 20.4. The summed E-state index contributed by atoms with van der Waals surface area (Å²) in [6.07, 6.45) is -0.0740. The molecule has 0 saturated carbocycles. The lowest BCUT2D eigenvalue weighted by molar-refractivity contribution is -0.137. The maximum atomic E-state index is 12.7. The number of fused-ring (bicyclic) bond motifs is 1. The average molecular weight is 416 g/mol. The summed E-state index contributed by atoms with van der Waals surface area (Å²) in [6, 6.07) is 10.2. The molecule has 0 aliphatic carbocycles. The Balaban J connectivity index is 1.40. The van der Waals surface area contributed by atoms with Crippen LogP contribution in [-0.4, -0.2) is 40.2 Å². The largest absolute Gasteiger partial charge is 0.416 e. The van der Waals surface area contributed by atoms with E-state index in [-0.39, 0.29) is 12.3 Å². The minimum absolute atomic E-state index is 0.00436. The molecule has 1 N–H and O–H groups in total. The summed E-state index contributed by atoms with van der Waals surface area (Å²) in [4.78, 5) is 14.8. The molecule has 0 bridgehead atoms. The molecule has 1 aromatic heterocycles. The number of hydrogen-bond acceptors (Lipinski definition) is 3. The van der Waals surface area contributed by atoms with Crippen LogP contribution in [0.25, 0.3) is 10.9 Å². The first-order valence-electron chi connectivity index (χ1n) is 10.0. The standard InChI is InChI=1S/C22H23F3N4O/c23-22(24,25)18-6-3-16(4-7-18)13-21(30)27-19-8-5-17-15-26-29(20(17)14-19)12-11-28-9-1-2-10-28/h3-8,14-15H,1-2,9-13H2,(H,27,30). The maximum absolute atomic E-state index is 12.7. The first-order chi connectivity index (χ1) is 14.4. The van der Waals surface area contributed by atoms with Crippen molar-refractivity contribution in [2.45, 2.75) is 32.0 Å². The number of likely N-dealkylation sites (tertiary alicyclic amines) is 1. The second-order valence-electron chi connectivity index (χ2n) is 7.61. The van der Waals surface area contributed by atoms with Crippen LogP contribution in [0.1, 0.15) is 24.0 Å². The van der Waals surface area contributed by atoms with Crippen LogP contribution in [0.3, 0.4) is 0 Å². The minimum atomic E-state index is -4.38. The first-order valence-corrected chi connectivity index (χ1v) is 10.0. The second-order valence-corrected chi connectivity index (χ2v) is 7.61. The van der Waals surface area contributed by atoms with E-state index in [9.17, 15) is 18.0 Å². The molecule has 4 rings (SSSR count). The van der Waals surface area contributed by atoms with Crippen molar-refractivity contribution in [3.8, 4) is 0 Å². The molecular formula is C22H23F3N4O. The number of amides is 1. The van der Waals surface area contributed by atoms with Crippen molar-refractivity contribution in [1.82, 2.24) is 14.7 Å². The van der Waals surface area contributed by atoms with Gasteiger partial charge in [0.15, 0.2) is 0 Å². The van der Waals surface area contributed by atoms with Gasteiger partial charge in [-0.15, -0.1) is 0 Å². The van der Waals surface area contributed by atoms with E-state index in [1.807, 2.05) is 23.0 Å². The summed E-state index contributed by atoms with van der Waals surface area (Å²) in [7, 11) is 0. The van der Waals surface area contributed by atoms with E-state index in [4.69, 9.17) is 0 Å². The number of carbonyl (C=O) groups excluding carboxylic acids is 1. The molecular weight excluding hydrogens is 393 g/mol. The number of alkyl halides is 3. The molecule has 1 aliphatic heterocycles. The molecule has 0 radical (unpaired) electrons. The normalized spacial score (nSPS) is 15.0. The van der Waals surface area contributed by atoms with Crippen molar-refractivity contribution in [3.05, 3.63) is 59.8 Å². The van der Waals surface area contributed by atoms with Gasteiger partial charge in [0.25, 0.3) is 0 Å². The molecule has 5 nitrogen and oxygen atoms in total. The van der Waals surface area contributed by atoms with Gasteiger partial charge in [-0.3, -0.25) is 9.48 Å². The van der Waals surface area contributed by atoms with Gasteiger partial charge in [-0.2, -0.15) is 18.3 Å². The zero-order valence-electron chi connectivity index (χ0n) is 16.5. The van der Waals surface area contributed by atoms with Gasteiger partial charge in [-0.05, 0) is 61.8 Å². The zero-order chi connectivity index (χ0) is 21.1. The average Bonchev–Trinajstić information content (AvgIpc) is 3.35. The third-order valence-electron chi connectivity index (χ3n) is 5.40. The monoisotopic (exact) mass is 416 g/mol. The highest BCUT2D eigenvalue weighted by molar-refractivity contribution is 5.94. The fourth-order valence-electron chi connectivity index (χ4n) is 3.77. The van der Waals surface area contributed by atoms with Crippen molar-refractivity contribution < 1.29 is 18.0 Å². The Hall–Kier alpha value is -2.87. The fourth-order valence-corrected chi connectivity index (χ4v) is 3.77. The quantitative estimate of drug-likeness (QED) is 0.651. The summed E-state index contributed by atoms with van der Waals surface area (Å²) >= 11 is 0. The minimum Gasteiger partial charge on any atom is -0.326 e. The third kappa shape index (κ3) is 4.81. The van der Waals surface area contributed by atoms with E-state index in [0.717, 1.165) is 49.2 Å². The molecule has 1 amide bonds. The predicted molar refractivity (Wildman–Crippen MR) is 109 cm³/mol. The van der Waals surface area contributed by atoms with Crippen LogP contribution in [-0.2, 0) is 23.9 Å². The van der Waals surface area contributed by atoms with Gasteiger partial charge in [0.1, 0.15) is 0 Å². The molecule has 0 atom stereocenters. The summed E-state index contributed by atoms with van der Waals surface area (Å²) in [5.41, 5.74) is 1.39. The van der Waals surface area contributed by atoms with Crippen molar-refractivity contribution in [1.29, 1.82) is 0 Å². The lowest BCUT2D eigenvalue weighted by atomic mass is 10.1. The summed E-state index contributed by atoms with van der Waals surface area (Å²) < 4.78 is 39.9. The molecule has 0 unspecified atom stereocenters. The predicted octanol–water partition coefficient (Wildman–Crippen LogP) is 4.33. The third-order valence-corrected chi connectivity index (χ3v) is 5.40. The summed E-state index contributed by atoms with van der Waals surface area (Å²) in [5.74, 6) is -0.280. The molecule has 30 heavy (non-hydrogen) atoms. The van der Waals surface area contributed by atoms with E-state index in [1.54, 1.807) is 6.07 Å². The summed E-state index contributed by atoms with van der Waals surface area (Å²) in [5, 5.41) is 8.28. The number of halogens is 3. The van der Waals surface area contributed by atoms with Crippen molar-refractivity contribution in [2.75, 3.05) is 25.0 Å². The Morgan fingerprint density at radius 2 is 1.77 bits per heavy atom. The smallest absolute Gasteiger partial charge is 0.326 e. The number of carbonyl (C=O) groups is 1.